The predicted molar refractivity (Wildman–Crippen MR) is 75.0 cm³/mol. The Kier molecular flexibility index (Phi) is 4.81. The van der Waals surface area contributed by atoms with Gasteiger partial charge >= 0.3 is 0 Å². The number of likely N-dealkylation sites (tertiary alicyclic amines) is 1. The maximum atomic E-state index is 12.5. The van der Waals surface area contributed by atoms with Crippen molar-refractivity contribution in [1.29, 1.82) is 0 Å². The van der Waals surface area contributed by atoms with Gasteiger partial charge in [0.1, 0.15) is 0 Å². The largest absolute Gasteiger partial charge is 0.390 e. The summed E-state index contributed by atoms with van der Waals surface area (Å²) in [6, 6.07) is -0.0369. The maximum Gasteiger partial charge on any atom is 0.239 e. The van der Waals surface area contributed by atoms with Gasteiger partial charge < -0.3 is 15.3 Å². The van der Waals surface area contributed by atoms with Crippen LogP contribution in [0.3, 0.4) is 0 Å². The molecule has 0 aromatic carbocycles. The Labute approximate surface area is 115 Å². The van der Waals surface area contributed by atoms with Crippen molar-refractivity contribution in [2.24, 2.45) is 0 Å². The van der Waals surface area contributed by atoms with Gasteiger partial charge in [0.05, 0.1) is 11.6 Å². The fourth-order valence-electron chi connectivity index (χ4n) is 2.97. The molecular weight excluding hydrogens is 242 g/mol. The van der Waals surface area contributed by atoms with Crippen molar-refractivity contribution in [2.45, 2.75) is 44.8 Å². The highest BCUT2D eigenvalue weighted by atomic mass is 16.3. The molecule has 0 spiro atoms. The molecule has 0 aromatic heterocycles. The van der Waals surface area contributed by atoms with Gasteiger partial charge in [0.25, 0.3) is 0 Å². The van der Waals surface area contributed by atoms with E-state index in [9.17, 15) is 9.90 Å². The average molecular weight is 269 g/mol. The highest BCUT2D eigenvalue weighted by Gasteiger charge is 2.31. The number of carbonyl (C=O) groups is 1. The summed E-state index contributed by atoms with van der Waals surface area (Å²) in [6.45, 7) is 9.17. The van der Waals surface area contributed by atoms with Gasteiger partial charge in [0.15, 0.2) is 0 Å². The molecule has 2 fully saturated rings. The van der Waals surface area contributed by atoms with E-state index >= 15 is 0 Å². The molecular formula is C14H27N3O2. The van der Waals surface area contributed by atoms with Crippen LogP contribution < -0.4 is 5.32 Å². The molecule has 5 nitrogen and oxygen atoms in total. The monoisotopic (exact) mass is 269 g/mol. The second-order valence-corrected chi connectivity index (χ2v) is 6.14. The van der Waals surface area contributed by atoms with E-state index in [2.05, 4.69) is 10.2 Å². The number of piperazine rings is 1. The summed E-state index contributed by atoms with van der Waals surface area (Å²) in [4.78, 5) is 16.7. The quantitative estimate of drug-likeness (QED) is 0.743. The van der Waals surface area contributed by atoms with Crippen molar-refractivity contribution in [2.75, 3.05) is 39.3 Å². The third kappa shape index (κ3) is 3.91. The van der Waals surface area contributed by atoms with Crippen LogP contribution >= 0.6 is 0 Å². The molecule has 2 atom stereocenters. The number of hydrogen-bond acceptors (Lipinski definition) is 4. The topological polar surface area (TPSA) is 55.8 Å². The Balaban J connectivity index is 1.91. The number of amides is 1. The Morgan fingerprint density at radius 2 is 1.89 bits per heavy atom. The SMILES string of the molecule is CC(C(=O)N1CCCC(C)(O)CC1)N1CCNCC1. The zero-order valence-corrected chi connectivity index (χ0v) is 12.2. The van der Waals surface area contributed by atoms with E-state index in [1.165, 1.54) is 0 Å². The van der Waals surface area contributed by atoms with Crippen molar-refractivity contribution >= 4 is 5.91 Å². The Hall–Kier alpha value is -0.650. The number of nitrogens with one attached hydrogen (secondary N) is 1. The zero-order chi connectivity index (χ0) is 13.9. The van der Waals surface area contributed by atoms with Gasteiger partial charge in [-0.1, -0.05) is 0 Å². The van der Waals surface area contributed by atoms with Gasteiger partial charge in [-0.05, 0) is 33.1 Å². The molecule has 0 radical (unpaired) electrons. The van der Waals surface area contributed by atoms with Crippen LogP contribution in [0.5, 0.6) is 0 Å². The average Bonchev–Trinajstić information content (AvgIpc) is 2.59. The van der Waals surface area contributed by atoms with Gasteiger partial charge in [-0.25, -0.2) is 0 Å². The van der Waals surface area contributed by atoms with Crippen molar-refractivity contribution in [1.82, 2.24) is 15.1 Å². The summed E-state index contributed by atoms with van der Waals surface area (Å²) in [5, 5.41) is 13.4. The Morgan fingerprint density at radius 3 is 2.58 bits per heavy atom. The summed E-state index contributed by atoms with van der Waals surface area (Å²) in [5.41, 5.74) is -0.604. The van der Waals surface area contributed by atoms with Crippen molar-refractivity contribution in [3.63, 3.8) is 0 Å². The predicted octanol–water partition coefficient (Wildman–Crippen LogP) is 0.0436. The van der Waals surface area contributed by atoms with Crippen LogP contribution in [-0.4, -0.2) is 71.7 Å². The van der Waals surface area contributed by atoms with Crippen LogP contribution in [0.25, 0.3) is 0 Å². The molecule has 2 aliphatic rings. The third-order valence-electron chi connectivity index (χ3n) is 4.43. The van der Waals surface area contributed by atoms with E-state index in [4.69, 9.17) is 0 Å². The fourth-order valence-corrected chi connectivity index (χ4v) is 2.97. The molecule has 0 bridgehead atoms. The molecule has 2 heterocycles. The maximum absolute atomic E-state index is 12.5. The van der Waals surface area contributed by atoms with E-state index in [-0.39, 0.29) is 11.9 Å². The first-order valence-corrected chi connectivity index (χ1v) is 7.45. The number of carbonyl (C=O) groups excluding carboxylic acids is 1. The lowest BCUT2D eigenvalue weighted by atomic mass is 9.98. The molecule has 2 saturated heterocycles. The van der Waals surface area contributed by atoms with Crippen molar-refractivity contribution in [3.8, 4) is 0 Å². The molecule has 110 valence electrons. The van der Waals surface area contributed by atoms with Crippen LogP contribution in [-0.2, 0) is 4.79 Å². The first-order chi connectivity index (χ1) is 8.99. The van der Waals surface area contributed by atoms with Crippen molar-refractivity contribution in [3.05, 3.63) is 0 Å². The molecule has 19 heavy (non-hydrogen) atoms. The first-order valence-electron chi connectivity index (χ1n) is 7.45. The highest BCUT2D eigenvalue weighted by molar-refractivity contribution is 5.81. The summed E-state index contributed by atoms with van der Waals surface area (Å²) in [6.07, 6.45) is 2.37. The molecule has 0 aliphatic carbocycles. The number of rotatable bonds is 2. The Morgan fingerprint density at radius 1 is 1.21 bits per heavy atom. The normalized spacial score (nSPS) is 31.8. The molecule has 0 saturated carbocycles. The van der Waals surface area contributed by atoms with Gasteiger partial charge in [-0.15, -0.1) is 0 Å². The first kappa shape index (κ1) is 14.8. The lowest BCUT2D eigenvalue weighted by Gasteiger charge is -2.35. The van der Waals surface area contributed by atoms with E-state index in [1.54, 1.807) is 0 Å². The summed E-state index contributed by atoms with van der Waals surface area (Å²) in [7, 11) is 0. The second kappa shape index (κ2) is 6.20. The summed E-state index contributed by atoms with van der Waals surface area (Å²) in [5.74, 6) is 0.222. The van der Waals surface area contributed by atoms with Crippen LogP contribution in [0, 0.1) is 0 Å². The summed E-state index contributed by atoms with van der Waals surface area (Å²) >= 11 is 0. The second-order valence-electron chi connectivity index (χ2n) is 6.14. The molecule has 5 heteroatoms. The van der Waals surface area contributed by atoms with E-state index in [0.717, 1.165) is 45.6 Å². The van der Waals surface area contributed by atoms with Gasteiger partial charge in [0.2, 0.25) is 5.91 Å². The number of nitrogens with zero attached hydrogens (tertiary/aromatic N) is 2. The minimum atomic E-state index is -0.604. The lowest BCUT2D eigenvalue weighted by Crippen LogP contribution is -2.53. The van der Waals surface area contributed by atoms with Crippen LogP contribution in [0.4, 0.5) is 0 Å². The minimum absolute atomic E-state index is 0.0369. The number of aliphatic hydroxyl groups is 1. The summed E-state index contributed by atoms with van der Waals surface area (Å²) < 4.78 is 0. The van der Waals surface area contributed by atoms with Gasteiger partial charge in [-0.2, -0.15) is 0 Å². The van der Waals surface area contributed by atoms with E-state index in [0.29, 0.717) is 13.0 Å². The smallest absolute Gasteiger partial charge is 0.239 e. The van der Waals surface area contributed by atoms with E-state index in [1.807, 2.05) is 18.7 Å². The van der Waals surface area contributed by atoms with E-state index < -0.39 is 5.60 Å². The van der Waals surface area contributed by atoms with Crippen molar-refractivity contribution < 1.29 is 9.90 Å². The minimum Gasteiger partial charge on any atom is -0.390 e. The molecule has 2 aliphatic heterocycles. The molecule has 2 rings (SSSR count). The number of hydrogen-bond donors (Lipinski definition) is 2. The standard InChI is InChI=1S/C14H27N3O2/c1-12(16-10-6-15-7-11-16)13(18)17-8-3-4-14(2,19)5-9-17/h12,15,19H,3-11H2,1-2H3. The van der Waals surface area contributed by atoms with Crippen LogP contribution in [0.1, 0.15) is 33.1 Å². The third-order valence-corrected chi connectivity index (χ3v) is 4.43. The lowest BCUT2D eigenvalue weighted by molar-refractivity contribution is -0.136. The highest BCUT2D eigenvalue weighted by Crippen LogP contribution is 2.22. The zero-order valence-electron chi connectivity index (χ0n) is 12.2. The molecule has 2 unspecified atom stereocenters. The molecule has 0 aromatic rings. The van der Waals surface area contributed by atoms with Crippen LogP contribution in [0.15, 0.2) is 0 Å². The molecule has 1 amide bonds. The Bertz CT molecular complexity index is 314. The van der Waals surface area contributed by atoms with Crippen LogP contribution in [0.2, 0.25) is 0 Å². The fraction of sp³-hybridized carbons (Fsp3) is 0.929. The molecule has 2 N–H and O–H groups in total. The van der Waals surface area contributed by atoms with Gasteiger partial charge in [-0.3, -0.25) is 9.69 Å². The van der Waals surface area contributed by atoms with Gasteiger partial charge in [0, 0.05) is 39.3 Å².